The van der Waals surface area contributed by atoms with Gasteiger partial charge in [-0.3, -0.25) is 0 Å². The molecular weight excluding hydrogens is 418 g/mol. The van der Waals surface area contributed by atoms with Crippen molar-refractivity contribution in [3.63, 3.8) is 0 Å². The molecule has 0 aliphatic heterocycles. The molecule has 7 nitrogen and oxygen atoms in total. The lowest BCUT2D eigenvalue weighted by Gasteiger charge is -2.21. The molecule has 0 atom stereocenters. The summed E-state index contributed by atoms with van der Waals surface area (Å²) in [6, 6.07) is 9.67. The second-order valence-corrected chi connectivity index (χ2v) is 6.34. The van der Waals surface area contributed by atoms with Crippen LogP contribution in [0.3, 0.4) is 0 Å². The average Bonchev–Trinajstić information content (AvgIpc) is 2.73. The summed E-state index contributed by atoms with van der Waals surface area (Å²) in [7, 11) is -6.03. The zero-order chi connectivity index (χ0) is 22.7. The molecule has 0 fully saturated rings. The van der Waals surface area contributed by atoms with Gasteiger partial charge in [-0.05, 0) is 18.2 Å². The van der Waals surface area contributed by atoms with Gasteiger partial charge in [0.2, 0.25) is 0 Å². The van der Waals surface area contributed by atoms with Crippen LogP contribution in [0.2, 0.25) is 0 Å². The van der Waals surface area contributed by atoms with Crippen molar-refractivity contribution in [2.24, 2.45) is 0 Å². The first kappa shape index (κ1) is 22.6. The van der Waals surface area contributed by atoms with Crippen LogP contribution in [0.25, 0.3) is 0 Å². The fraction of sp³-hybridized carbons (Fsp3) is 0. The van der Waals surface area contributed by atoms with Crippen molar-refractivity contribution in [3.8, 4) is 17.2 Å². The van der Waals surface area contributed by atoms with Gasteiger partial charge in [-0.2, -0.15) is 0 Å². The molecule has 0 aliphatic carbocycles. The van der Waals surface area contributed by atoms with E-state index in [2.05, 4.69) is 0 Å². The van der Waals surface area contributed by atoms with Crippen LogP contribution in [0.4, 0.5) is 13.2 Å². The zero-order valence-electron chi connectivity index (χ0n) is 15.6. The fourth-order valence-corrected chi connectivity index (χ4v) is 2.74. The Balaban J connectivity index is 1.96. The van der Waals surface area contributed by atoms with Crippen molar-refractivity contribution in [2.45, 2.75) is 0 Å². The smallest absolute Gasteiger partial charge is 0.481 e. The van der Waals surface area contributed by atoms with E-state index in [0.29, 0.717) is 0 Å². The van der Waals surface area contributed by atoms with Crippen molar-refractivity contribution in [1.29, 1.82) is 0 Å². The first-order valence-electron chi connectivity index (χ1n) is 8.80. The Hall–Kier alpha value is -3.12. The molecule has 31 heavy (non-hydrogen) atoms. The van der Waals surface area contributed by atoms with Crippen LogP contribution in [0.5, 0.6) is 17.2 Å². The summed E-state index contributed by atoms with van der Waals surface area (Å²) in [4.78, 5) is 0. The van der Waals surface area contributed by atoms with E-state index in [0.717, 1.165) is 36.4 Å². The number of benzene rings is 3. The topological polar surface area (TPSA) is 120 Å². The molecule has 0 aromatic heterocycles. The molecule has 0 heterocycles. The third-order valence-electron chi connectivity index (χ3n) is 4.35. The molecule has 158 valence electrons. The predicted octanol–water partition coefficient (Wildman–Crippen LogP) is -0.275. The number of para-hydroxylation sites is 3. The van der Waals surface area contributed by atoms with Gasteiger partial charge in [0.1, 0.15) is 0 Å². The van der Waals surface area contributed by atoms with E-state index in [9.17, 15) is 38.5 Å². The monoisotopic (exact) mass is 432 g/mol. The van der Waals surface area contributed by atoms with Gasteiger partial charge in [0.25, 0.3) is 0 Å². The molecule has 0 aliphatic rings. The summed E-state index contributed by atoms with van der Waals surface area (Å²) in [6.45, 7) is 0. The third-order valence-corrected chi connectivity index (χ3v) is 4.35. The summed E-state index contributed by atoms with van der Waals surface area (Å²) in [5, 5.41) is 50.2. The van der Waals surface area contributed by atoms with E-state index in [-0.39, 0.29) is 0 Å². The number of phenolic OH excluding ortho intramolecular Hbond substituents is 3. The summed E-state index contributed by atoms with van der Waals surface area (Å²) < 4.78 is 51.4. The average molecular weight is 432 g/mol. The molecule has 0 saturated heterocycles. The quantitative estimate of drug-likeness (QED) is 0.327. The Morgan fingerprint density at radius 1 is 0.548 bits per heavy atom. The van der Waals surface area contributed by atoms with Gasteiger partial charge in [0, 0.05) is 16.4 Å². The van der Waals surface area contributed by atoms with Gasteiger partial charge in [0.05, 0.1) is 0 Å². The first-order valence-corrected chi connectivity index (χ1v) is 8.80. The minimum atomic E-state index is -2.06. The molecule has 3 rings (SSSR count). The highest BCUT2D eigenvalue weighted by atomic mass is 19.1. The Kier molecular flexibility index (Phi) is 6.81. The molecule has 13 heteroatoms. The standard InChI is InChI=1S/C18H14B3F3O7/c22-13-7-1-4-10(16(13)25)19(28)30-21(12-6-3-9-15(24)18(12)27)31-20(29)11-5-2-8-14(23)17(11)26/h1-9,25-29H. The summed E-state index contributed by atoms with van der Waals surface area (Å²) >= 11 is 0. The summed E-state index contributed by atoms with van der Waals surface area (Å²) in [5.74, 6) is -6.01. The Morgan fingerprint density at radius 2 is 0.871 bits per heavy atom. The van der Waals surface area contributed by atoms with Crippen LogP contribution in [-0.2, 0) is 9.14 Å². The van der Waals surface area contributed by atoms with E-state index in [1.54, 1.807) is 0 Å². The SMILES string of the molecule is OB(OB(OB(O)c1cccc(F)c1O)c1cccc(F)c1O)c1cccc(F)c1O. The van der Waals surface area contributed by atoms with Crippen molar-refractivity contribution in [3.05, 3.63) is 72.0 Å². The van der Waals surface area contributed by atoms with Gasteiger partial charge >= 0.3 is 21.4 Å². The highest BCUT2D eigenvalue weighted by Gasteiger charge is 2.37. The minimum absolute atomic E-state index is 0.398. The van der Waals surface area contributed by atoms with Crippen molar-refractivity contribution < 1.29 is 47.7 Å². The maximum absolute atomic E-state index is 13.8. The number of phenols is 3. The van der Waals surface area contributed by atoms with Crippen molar-refractivity contribution >= 4 is 37.7 Å². The van der Waals surface area contributed by atoms with Crippen LogP contribution in [0.1, 0.15) is 0 Å². The maximum atomic E-state index is 13.8. The molecule has 0 radical (unpaired) electrons. The molecule has 0 amide bonds. The van der Waals surface area contributed by atoms with Crippen molar-refractivity contribution in [2.75, 3.05) is 0 Å². The van der Waals surface area contributed by atoms with Crippen LogP contribution < -0.4 is 16.4 Å². The number of hydrogen-bond acceptors (Lipinski definition) is 7. The lowest BCUT2D eigenvalue weighted by Crippen LogP contribution is -2.51. The summed E-state index contributed by atoms with van der Waals surface area (Å²) in [6.07, 6.45) is 0. The second-order valence-electron chi connectivity index (χ2n) is 6.34. The molecule has 0 saturated carbocycles. The number of halogens is 3. The van der Waals surface area contributed by atoms with Gasteiger partial charge in [0.15, 0.2) is 34.7 Å². The Bertz CT molecular complexity index is 1030. The van der Waals surface area contributed by atoms with Crippen LogP contribution in [0, 0.1) is 17.5 Å². The van der Waals surface area contributed by atoms with Crippen LogP contribution in [-0.4, -0.2) is 46.7 Å². The highest BCUT2D eigenvalue weighted by molar-refractivity contribution is 6.80. The summed E-state index contributed by atoms with van der Waals surface area (Å²) in [5.41, 5.74) is -1.25. The van der Waals surface area contributed by atoms with Crippen LogP contribution in [0.15, 0.2) is 54.6 Å². The lowest BCUT2D eigenvalue weighted by atomic mass is 9.66. The number of hydrogen-bond donors (Lipinski definition) is 5. The minimum Gasteiger partial charge on any atom is -0.505 e. The van der Waals surface area contributed by atoms with Crippen LogP contribution >= 0.6 is 0 Å². The Labute approximate surface area is 175 Å². The maximum Gasteiger partial charge on any atom is 0.481 e. The largest absolute Gasteiger partial charge is 0.505 e. The normalized spacial score (nSPS) is 10.7. The van der Waals surface area contributed by atoms with Gasteiger partial charge in [-0.15, -0.1) is 0 Å². The molecule has 0 spiro atoms. The number of rotatable bonds is 7. The first-order chi connectivity index (χ1) is 14.7. The van der Waals surface area contributed by atoms with E-state index in [1.165, 1.54) is 18.2 Å². The molecular formula is C18H14B3F3O7. The fourth-order valence-electron chi connectivity index (χ4n) is 2.74. The second kappa shape index (κ2) is 9.35. The Morgan fingerprint density at radius 3 is 1.26 bits per heavy atom. The lowest BCUT2D eigenvalue weighted by molar-refractivity contribution is 0.350. The zero-order valence-corrected chi connectivity index (χ0v) is 15.6. The molecule has 0 bridgehead atoms. The molecule has 5 N–H and O–H groups in total. The highest BCUT2D eigenvalue weighted by Crippen LogP contribution is 2.17. The molecule has 3 aromatic rings. The van der Waals surface area contributed by atoms with Gasteiger partial charge < -0.3 is 34.5 Å². The van der Waals surface area contributed by atoms with Crippen molar-refractivity contribution in [1.82, 2.24) is 0 Å². The predicted molar refractivity (Wildman–Crippen MR) is 107 cm³/mol. The van der Waals surface area contributed by atoms with Gasteiger partial charge in [-0.1, -0.05) is 36.4 Å². The van der Waals surface area contributed by atoms with E-state index in [1.807, 2.05) is 0 Å². The van der Waals surface area contributed by atoms with E-state index >= 15 is 0 Å². The van der Waals surface area contributed by atoms with Gasteiger partial charge in [-0.25, -0.2) is 13.2 Å². The third kappa shape index (κ3) is 4.80. The van der Waals surface area contributed by atoms with E-state index in [4.69, 9.17) is 9.14 Å². The molecule has 3 aromatic carbocycles. The van der Waals surface area contributed by atoms with E-state index < -0.39 is 72.4 Å². The molecule has 0 unspecified atom stereocenters. The number of aromatic hydroxyl groups is 3.